The molecule has 1 aliphatic carbocycles. The van der Waals surface area contributed by atoms with Gasteiger partial charge in [-0.1, -0.05) is 35.9 Å². The molecule has 0 saturated heterocycles. The zero-order valence-corrected chi connectivity index (χ0v) is 15.3. The van der Waals surface area contributed by atoms with Gasteiger partial charge < -0.3 is 10.1 Å². The number of methoxy groups -OCH3 is 1. The summed E-state index contributed by atoms with van der Waals surface area (Å²) in [6, 6.07) is 9.12. The van der Waals surface area contributed by atoms with Gasteiger partial charge in [-0.25, -0.2) is 0 Å². The van der Waals surface area contributed by atoms with Crippen LogP contribution in [0.1, 0.15) is 35.1 Å². The summed E-state index contributed by atoms with van der Waals surface area (Å²) >= 11 is 6.50. The highest BCUT2D eigenvalue weighted by atomic mass is 35.5. The molecule has 0 amide bonds. The van der Waals surface area contributed by atoms with Gasteiger partial charge in [0.05, 0.1) is 18.1 Å². The maximum absolute atomic E-state index is 11.4. The van der Waals surface area contributed by atoms with Gasteiger partial charge in [-0.3, -0.25) is 10.1 Å². The van der Waals surface area contributed by atoms with Crippen molar-refractivity contribution in [1.82, 2.24) is 0 Å². The first-order valence-electron chi connectivity index (χ1n) is 8.55. The Hall–Kier alpha value is -2.53. The summed E-state index contributed by atoms with van der Waals surface area (Å²) in [6.07, 6.45) is 5.29. The standard InChI is InChI=1S/C20H19ClN2O3/c1-11-6-8-15(21)18-13-4-3-5-14(13)20(22-19(11)18)12-7-9-17(26-2)16(10-12)23(24)25/h3-4,6-10,13-14,20,22H,5H2,1-2H3/t13-,14+,20+/m0/s1. The van der Waals surface area contributed by atoms with Crippen molar-refractivity contribution in [2.45, 2.75) is 25.3 Å². The Morgan fingerprint density at radius 2 is 2.12 bits per heavy atom. The lowest BCUT2D eigenvalue weighted by atomic mass is 9.76. The Bertz CT molecular complexity index is 926. The molecule has 4 rings (SSSR count). The van der Waals surface area contributed by atoms with Gasteiger partial charge in [0, 0.05) is 28.3 Å². The smallest absolute Gasteiger partial charge is 0.311 e. The van der Waals surface area contributed by atoms with E-state index in [4.69, 9.17) is 16.3 Å². The number of nitrogens with zero attached hydrogens (tertiary/aromatic N) is 1. The molecule has 0 spiro atoms. The third-order valence-electron chi connectivity index (χ3n) is 5.43. The van der Waals surface area contributed by atoms with Gasteiger partial charge in [0.1, 0.15) is 0 Å². The quantitative estimate of drug-likeness (QED) is 0.447. The molecule has 0 bridgehead atoms. The highest BCUT2D eigenvalue weighted by Crippen LogP contribution is 2.53. The number of hydrogen-bond acceptors (Lipinski definition) is 4. The van der Waals surface area contributed by atoms with Crippen molar-refractivity contribution in [3.63, 3.8) is 0 Å². The number of allylic oxidation sites excluding steroid dienone is 2. The Morgan fingerprint density at radius 3 is 2.85 bits per heavy atom. The largest absolute Gasteiger partial charge is 0.490 e. The lowest BCUT2D eigenvalue weighted by Crippen LogP contribution is -2.29. The second kappa shape index (κ2) is 6.32. The number of rotatable bonds is 3. The van der Waals surface area contributed by atoms with Crippen LogP contribution in [0, 0.1) is 23.0 Å². The number of hydrogen-bond donors (Lipinski definition) is 1. The van der Waals surface area contributed by atoms with Crippen LogP contribution in [0.2, 0.25) is 5.02 Å². The third kappa shape index (κ3) is 2.54. The van der Waals surface area contributed by atoms with E-state index >= 15 is 0 Å². The molecule has 2 aromatic carbocycles. The van der Waals surface area contributed by atoms with E-state index in [1.54, 1.807) is 12.1 Å². The molecule has 2 aromatic rings. The third-order valence-corrected chi connectivity index (χ3v) is 5.76. The van der Waals surface area contributed by atoms with Gasteiger partial charge in [0.2, 0.25) is 0 Å². The van der Waals surface area contributed by atoms with Gasteiger partial charge in [0.25, 0.3) is 0 Å². The predicted molar refractivity (Wildman–Crippen MR) is 102 cm³/mol. The minimum Gasteiger partial charge on any atom is -0.490 e. The number of fused-ring (bicyclic) bond motifs is 3. The zero-order chi connectivity index (χ0) is 18.4. The summed E-state index contributed by atoms with van der Waals surface area (Å²) in [5.41, 5.74) is 4.17. The second-order valence-electron chi connectivity index (χ2n) is 6.82. The van der Waals surface area contributed by atoms with Gasteiger partial charge >= 0.3 is 5.69 Å². The minimum absolute atomic E-state index is 0.0112. The summed E-state index contributed by atoms with van der Waals surface area (Å²) in [5, 5.41) is 15.8. The fraction of sp³-hybridized carbons (Fsp3) is 0.300. The molecule has 3 atom stereocenters. The molecule has 1 heterocycles. The van der Waals surface area contributed by atoms with Crippen LogP contribution in [0.15, 0.2) is 42.5 Å². The van der Waals surface area contributed by atoms with Crippen LogP contribution in [-0.4, -0.2) is 12.0 Å². The summed E-state index contributed by atoms with van der Waals surface area (Å²) in [5.74, 6) is 0.759. The van der Waals surface area contributed by atoms with E-state index in [9.17, 15) is 10.1 Å². The van der Waals surface area contributed by atoms with Crippen LogP contribution in [0.25, 0.3) is 0 Å². The summed E-state index contributed by atoms with van der Waals surface area (Å²) in [6.45, 7) is 2.05. The van der Waals surface area contributed by atoms with Gasteiger partial charge in [-0.2, -0.15) is 0 Å². The minimum atomic E-state index is -0.397. The van der Waals surface area contributed by atoms with Crippen LogP contribution in [0.4, 0.5) is 11.4 Å². The predicted octanol–water partition coefficient (Wildman–Crippen LogP) is 5.39. The van der Waals surface area contributed by atoms with Gasteiger partial charge in [-0.05, 0) is 42.5 Å². The molecule has 0 saturated carbocycles. The maximum atomic E-state index is 11.4. The van der Waals surface area contributed by atoms with Crippen molar-refractivity contribution in [2.24, 2.45) is 5.92 Å². The number of anilines is 1. The van der Waals surface area contributed by atoms with Crippen molar-refractivity contribution in [3.05, 3.63) is 74.3 Å². The van der Waals surface area contributed by atoms with Crippen molar-refractivity contribution in [2.75, 3.05) is 12.4 Å². The molecular formula is C20H19ClN2O3. The van der Waals surface area contributed by atoms with Crippen LogP contribution in [0.3, 0.4) is 0 Å². The fourth-order valence-corrected chi connectivity index (χ4v) is 4.47. The average molecular weight is 371 g/mol. The highest BCUT2D eigenvalue weighted by molar-refractivity contribution is 6.32. The molecule has 0 radical (unpaired) electrons. The number of halogens is 1. The molecule has 134 valence electrons. The normalized spacial score (nSPS) is 23.1. The number of nitrogens with one attached hydrogen (secondary N) is 1. The topological polar surface area (TPSA) is 64.4 Å². The Kier molecular flexibility index (Phi) is 4.11. The molecule has 0 fully saturated rings. The summed E-state index contributed by atoms with van der Waals surface area (Å²) in [7, 11) is 1.44. The lowest BCUT2D eigenvalue weighted by molar-refractivity contribution is -0.385. The van der Waals surface area contributed by atoms with Crippen LogP contribution in [-0.2, 0) is 0 Å². The number of aryl methyl sites for hydroxylation is 1. The average Bonchev–Trinajstić information content (AvgIpc) is 3.13. The van der Waals surface area contributed by atoms with E-state index in [0.29, 0.717) is 0 Å². The molecule has 5 nitrogen and oxygen atoms in total. The van der Waals surface area contributed by atoms with Gasteiger partial charge in [-0.15, -0.1) is 0 Å². The monoisotopic (exact) mass is 370 g/mol. The first-order chi connectivity index (χ1) is 12.5. The SMILES string of the molecule is COc1ccc([C@H]2Nc3c(C)ccc(Cl)c3[C@H]3C=CC[C@H]32)cc1[N+](=O)[O-]. The molecular weight excluding hydrogens is 352 g/mol. The Labute approximate surface area is 156 Å². The highest BCUT2D eigenvalue weighted by Gasteiger charge is 2.40. The van der Waals surface area contributed by atoms with Crippen molar-refractivity contribution in [3.8, 4) is 5.75 Å². The summed E-state index contributed by atoms with van der Waals surface area (Å²) in [4.78, 5) is 11.0. The number of benzene rings is 2. The van der Waals surface area contributed by atoms with E-state index in [1.165, 1.54) is 7.11 Å². The van der Waals surface area contributed by atoms with E-state index in [0.717, 1.165) is 33.8 Å². The van der Waals surface area contributed by atoms with Crippen LogP contribution < -0.4 is 10.1 Å². The molecule has 2 aliphatic rings. The van der Waals surface area contributed by atoms with Gasteiger partial charge in [0.15, 0.2) is 5.75 Å². The number of nitro benzene ring substituents is 1. The van der Waals surface area contributed by atoms with E-state index in [2.05, 4.69) is 24.4 Å². The molecule has 1 aliphatic heterocycles. The van der Waals surface area contributed by atoms with Crippen molar-refractivity contribution < 1.29 is 9.66 Å². The van der Waals surface area contributed by atoms with E-state index in [1.807, 2.05) is 18.2 Å². The van der Waals surface area contributed by atoms with Crippen LogP contribution >= 0.6 is 11.6 Å². The number of nitro groups is 1. The first kappa shape index (κ1) is 16.9. The Morgan fingerprint density at radius 1 is 1.31 bits per heavy atom. The lowest BCUT2D eigenvalue weighted by Gasteiger charge is -2.38. The molecule has 26 heavy (non-hydrogen) atoms. The van der Waals surface area contributed by atoms with Crippen LogP contribution in [0.5, 0.6) is 5.75 Å². The Balaban J connectivity index is 1.83. The molecule has 6 heteroatoms. The zero-order valence-electron chi connectivity index (χ0n) is 14.5. The molecule has 1 N–H and O–H groups in total. The second-order valence-corrected chi connectivity index (χ2v) is 7.22. The molecule has 0 aromatic heterocycles. The van der Waals surface area contributed by atoms with Crippen molar-refractivity contribution in [1.29, 1.82) is 0 Å². The fourth-order valence-electron chi connectivity index (χ4n) is 4.18. The van der Waals surface area contributed by atoms with Crippen molar-refractivity contribution >= 4 is 23.0 Å². The van der Waals surface area contributed by atoms with E-state index in [-0.39, 0.29) is 29.3 Å². The first-order valence-corrected chi connectivity index (χ1v) is 8.93. The maximum Gasteiger partial charge on any atom is 0.311 e. The molecule has 0 unspecified atom stereocenters. The van der Waals surface area contributed by atoms with E-state index < -0.39 is 4.92 Å². The summed E-state index contributed by atoms with van der Waals surface area (Å²) < 4.78 is 5.13. The number of ether oxygens (including phenoxy) is 1.